The van der Waals surface area contributed by atoms with E-state index in [4.69, 9.17) is 9.15 Å². The molecule has 0 atom stereocenters. The molecule has 0 bridgehead atoms. The molecule has 2 aliphatic rings. The van der Waals surface area contributed by atoms with Gasteiger partial charge in [0, 0.05) is 68.0 Å². The van der Waals surface area contributed by atoms with E-state index in [0.717, 1.165) is 60.3 Å². The molecule has 2 aromatic carbocycles. The molecule has 0 saturated carbocycles. The first-order valence-electron chi connectivity index (χ1n) is 10.4. The quantitative estimate of drug-likeness (QED) is 0.506. The summed E-state index contributed by atoms with van der Waals surface area (Å²) in [4.78, 5) is 9.15. The van der Waals surface area contributed by atoms with E-state index in [1.165, 1.54) is 11.3 Å². The summed E-state index contributed by atoms with van der Waals surface area (Å²) in [7, 11) is 2.03. The second-order valence-electron chi connectivity index (χ2n) is 8.07. The third kappa shape index (κ3) is 2.76. The maximum atomic E-state index is 13.8. The minimum absolute atomic E-state index is 0.191. The average Bonchev–Trinajstić information content (AvgIpc) is 3.33. The van der Waals surface area contributed by atoms with Gasteiger partial charge in [0.05, 0.1) is 18.7 Å². The molecule has 0 spiro atoms. The van der Waals surface area contributed by atoms with Crippen LogP contribution in [0.15, 0.2) is 40.8 Å². The van der Waals surface area contributed by atoms with Gasteiger partial charge in [-0.15, -0.1) is 0 Å². The minimum Gasteiger partial charge on any atom is -0.423 e. The SMILES string of the molecule is Cn1c2c(c3ccc(F)cc31)CN(c1ccc3nc(N4CCOCC4)oc3c1)CC2. The molecule has 1 saturated heterocycles. The van der Waals surface area contributed by atoms with E-state index >= 15 is 0 Å². The van der Waals surface area contributed by atoms with Gasteiger partial charge in [0.25, 0.3) is 6.01 Å². The third-order valence-corrected chi connectivity index (χ3v) is 6.37. The summed E-state index contributed by atoms with van der Waals surface area (Å²) in [6, 6.07) is 12.0. The number of oxazole rings is 1. The van der Waals surface area contributed by atoms with Crippen molar-refractivity contribution in [1.82, 2.24) is 9.55 Å². The zero-order chi connectivity index (χ0) is 20.2. The van der Waals surface area contributed by atoms with Gasteiger partial charge in [-0.25, -0.2) is 4.39 Å². The molecule has 6 rings (SSSR count). The topological polar surface area (TPSA) is 46.7 Å². The second-order valence-corrected chi connectivity index (χ2v) is 8.07. The lowest BCUT2D eigenvalue weighted by atomic mass is 10.0. The molecular formula is C23H23FN4O2. The first-order chi connectivity index (χ1) is 14.7. The summed E-state index contributed by atoms with van der Waals surface area (Å²) >= 11 is 0. The number of hydrogen-bond donors (Lipinski definition) is 0. The minimum atomic E-state index is -0.191. The predicted octanol–water partition coefficient (Wildman–Crippen LogP) is 3.86. The van der Waals surface area contributed by atoms with Crippen molar-refractivity contribution < 1.29 is 13.5 Å². The molecule has 4 aromatic rings. The Balaban J connectivity index is 1.33. The van der Waals surface area contributed by atoms with Gasteiger partial charge in [0.2, 0.25) is 0 Å². The van der Waals surface area contributed by atoms with E-state index in [9.17, 15) is 4.39 Å². The molecule has 4 heterocycles. The Bertz CT molecular complexity index is 1260. The van der Waals surface area contributed by atoms with Crippen molar-refractivity contribution >= 4 is 33.7 Å². The molecule has 30 heavy (non-hydrogen) atoms. The van der Waals surface area contributed by atoms with Crippen LogP contribution >= 0.6 is 0 Å². The van der Waals surface area contributed by atoms with Gasteiger partial charge in [0.15, 0.2) is 5.58 Å². The van der Waals surface area contributed by atoms with Crippen molar-refractivity contribution in [1.29, 1.82) is 0 Å². The Labute approximate surface area is 173 Å². The molecule has 2 aromatic heterocycles. The number of benzene rings is 2. The van der Waals surface area contributed by atoms with Crippen molar-refractivity contribution in [3.63, 3.8) is 0 Å². The summed E-state index contributed by atoms with van der Waals surface area (Å²) in [5, 5.41) is 1.13. The Kier molecular flexibility index (Phi) is 3.99. The lowest BCUT2D eigenvalue weighted by Gasteiger charge is -2.29. The van der Waals surface area contributed by atoms with Crippen LogP contribution in [-0.2, 0) is 24.8 Å². The summed E-state index contributed by atoms with van der Waals surface area (Å²) in [6.07, 6.45) is 0.926. The average molecular weight is 406 g/mol. The van der Waals surface area contributed by atoms with Crippen molar-refractivity contribution in [2.75, 3.05) is 42.6 Å². The maximum Gasteiger partial charge on any atom is 0.298 e. The van der Waals surface area contributed by atoms with Crippen molar-refractivity contribution in [3.8, 4) is 0 Å². The van der Waals surface area contributed by atoms with Crippen LogP contribution in [0.25, 0.3) is 22.0 Å². The second kappa shape index (κ2) is 6.74. The van der Waals surface area contributed by atoms with Crippen molar-refractivity contribution in [2.45, 2.75) is 13.0 Å². The number of hydrogen-bond acceptors (Lipinski definition) is 5. The number of ether oxygens (including phenoxy) is 1. The Morgan fingerprint density at radius 1 is 1.00 bits per heavy atom. The van der Waals surface area contributed by atoms with Gasteiger partial charge in [0.1, 0.15) is 11.3 Å². The van der Waals surface area contributed by atoms with E-state index < -0.39 is 0 Å². The molecule has 0 amide bonds. The lowest BCUT2D eigenvalue weighted by Crippen LogP contribution is -2.36. The zero-order valence-electron chi connectivity index (χ0n) is 16.9. The first kappa shape index (κ1) is 17.8. The van der Waals surface area contributed by atoms with E-state index in [-0.39, 0.29) is 5.82 Å². The monoisotopic (exact) mass is 406 g/mol. The zero-order valence-corrected chi connectivity index (χ0v) is 16.9. The van der Waals surface area contributed by atoms with E-state index in [2.05, 4.69) is 31.5 Å². The molecule has 7 heteroatoms. The number of halogens is 1. The summed E-state index contributed by atoms with van der Waals surface area (Å²) in [5.74, 6) is -0.191. The highest BCUT2D eigenvalue weighted by atomic mass is 19.1. The summed E-state index contributed by atoms with van der Waals surface area (Å²) < 4.78 is 27.4. The van der Waals surface area contributed by atoms with Crippen molar-refractivity contribution in [3.05, 3.63) is 53.5 Å². The highest BCUT2D eigenvalue weighted by Gasteiger charge is 2.24. The van der Waals surface area contributed by atoms with Gasteiger partial charge >= 0.3 is 0 Å². The van der Waals surface area contributed by atoms with Gasteiger partial charge < -0.3 is 23.5 Å². The smallest absolute Gasteiger partial charge is 0.298 e. The summed E-state index contributed by atoms with van der Waals surface area (Å²) in [6.45, 7) is 4.72. The maximum absolute atomic E-state index is 13.8. The molecule has 0 unspecified atom stereocenters. The van der Waals surface area contributed by atoms with E-state index in [1.54, 1.807) is 12.1 Å². The number of aryl methyl sites for hydroxylation is 1. The van der Waals surface area contributed by atoms with Crippen LogP contribution in [0, 0.1) is 5.82 Å². The third-order valence-electron chi connectivity index (χ3n) is 6.37. The summed E-state index contributed by atoms with van der Waals surface area (Å²) in [5.41, 5.74) is 6.34. The Morgan fingerprint density at radius 3 is 2.73 bits per heavy atom. The van der Waals surface area contributed by atoms with Gasteiger partial charge in [-0.1, -0.05) is 0 Å². The number of morpholine rings is 1. The van der Waals surface area contributed by atoms with Gasteiger partial charge in [-0.2, -0.15) is 4.98 Å². The highest BCUT2D eigenvalue weighted by Crippen LogP contribution is 2.34. The largest absolute Gasteiger partial charge is 0.423 e. The van der Waals surface area contributed by atoms with E-state index in [0.29, 0.717) is 19.2 Å². The molecule has 0 aliphatic carbocycles. The number of nitrogens with zero attached hydrogens (tertiary/aromatic N) is 4. The van der Waals surface area contributed by atoms with Crippen LogP contribution in [0.2, 0.25) is 0 Å². The van der Waals surface area contributed by atoms with Crippen LogP contribution in [0.5, 0.6) is 0 Å². The fourth-order valence-electron chi connectivity index (χ4n) is 4.75. The fraction of sp³-hybridized carbons (Fsp3) is 0.348. The molecule has 0 N–H and O–H groups in total. The van der Waals surface area contributed by atoms with Crippen LogP contribution in [0.1, 0.15) is 11.3 Å². The molecule has 1 fully saturated rings. The normalized spacial score (nSPS) is 17.1. The van der Waals surface area contributed by atoms with Gasteiger partial charge in [-0.3, -0.25) is 0 Å². The standard InChI is InChI=1S/C23H23FN4O2/c1-26-20-6-7-28(14-18(20)17-4-2-15(24)12-21(17)26)16-3-5-19-22(13-16)30-23(25-19)27-8-10-29-11-9-27/h2-5,12-13H,6-11,14H2,1H3. The Morgan fingerprint density at radius 2 is 1.87 bits per heavy atom. The number of anilines is 2. The number of rotatable bonds is 2. The van der Waals surface area contributed by atoms with Gasteiger partial charge in [-0.05, 0) is 30.3 Å². The fourth-order valence-corrected chi connectivity index (χ4v) is 4.75. The van der Waals surface area contributed by atoms with Crippen LogP contribution < -0.4 is 9.80 Å². The predicted molar refractivity (Wildman–Crippen MR) is 115 cm³/mol. The van der Waals surface area contributed by atoms with Crippen LogP contribution in [0.3, 0.4) is 0 Å². The lowest BCUT2D eigenvalue weighted by molar-refractivity contribution is 0.120. The molecule has 6 nitrogen and oxygen atoms in total. The molecular weight excluding hydrogens is 383 g/mol. The number of aromatic nitrogens is 2. The molecule has 0 radical (unpaired) electrons. The van der Waals surface area contributed by atoms with Crippen LogP contribution in [0.4, 0.5) is 16.1 Å². The molecule has 2 aliphatic heterocycles. The molecule has 154 valence electrons. The first-order valence-corrected chi connectivity index (χ1v) is 10.4. The van der Waals surface area contributed by atoms with E-state index in [1.807, 2.05) is 19.2 Å². The number of fused-ring (bicyclic) bond motifs is 4. The highest BCUT2D eigenvalue weighted by molar-refractivity contribution is 5.87. The van der Waals surface area contributed by atoms with Crippen molar-refractivity contribution in [2.24, 2.45) is 7.05 Å². The van der Waals surface area contributed by atoms with Crippen LogP contribution in [-0.4, -0.2) is 42.4 Å². The Hall–Kier alpha value is -3.06.